The molecule has 30 heteroatoms. The quantitative estimate of drug-likeness (QED) is 0.0421. The van der Waals surface area contributed by atoms with E-state index in [1.165, 1.54) is 6.92 Å². The van der Waals surface area contributed by atoms with Crippen molar-refractivity contribution in [2.45, 2.75) is 126 Å². The van der Waals surface area contributed by atoms with Crippen LogP contribution in [-0.2, 0) is 106 Å². The molecule has 0 aromatic heterocycles. The fourth-order valence-electron chi connectivity index (χ4n) is 5.51. The van der Waals surface area contributed by atoms with E-state index in [1.807, 2.05) is 0 Å². The van der Waals surface area contributed by atoms with Crippen LogP contribution < -0.4 is 0 Å². The largest absolute Gasteiger partial charge is 0.346 e. The summed E-state index contributed by atoms with van der Waals surface area (Å²) in [6.07, 6.45) is -1.19. The molecule has 1 rings (SSSR count). The first-order chi connectivity index (χ1) is 30.9. The Morgan fingerprint density at radius 2 is 0.652 bits per heavy atom. The van der Waals surface area contributed by atoms with Crippen LogP contribution in [0.3, 0.4) is 0 Å². The van der Waals surface area contributed by atoms with Gasteiger partial charge in [-0.3, -0.25) is 41.8 Å². The van der Waals surface area contributed by atoms with Gasteiger partial charge in [0.1, 0.15) is 5.78 Å². The third kappa shape index (κ3) is 23.4. The minimum atomic E-state index is -4.14. The van der Waals surface area contributed by atoms with Crippen LogP contribution >= 0.6 is 45.6 Å². The summed E-state index contributed by atoms with van der Waals surface area (Å²) < 4.78 is 139. The smallest absolute Gasteiger partial charge is 0.330 e. The number of hydroxylamine groups is 2. The van der Waals surface area contributed by atoms with E-state index in [0.29, 0.717) is 5.06 Å². The number of imide groups is 1. The molecule has 0 radical (unpaired) electrons. The van der Waals surface area contributed by atoms with Crippen LogP contribution in [0.5, 0.6) is 0 Å². The van der Waals surface area contributed by atoms with Crippen LogP contribution in [0.1, 0.15) is 116 Å². The van der Waals surface area contributed by atoms with Gasteiger partial charge in [-0.05, 0) is 90.0 Å². The molecule has 1 fully saturated rings. The number of ketones is 1. The first-order valence-electron chi connectivity index (χ1n) is 21.8. The Labute approximate surface area is 390 Å². The fraction of sp³-hybridized carbons (Fsp3) is 0.889. The lowest BCUT2D eigenvalue weighted by atomic mass is 10.3. The zero-order valence-corrected chi connectivity index (χ0v) is 46.1. The molecule has 2 amide bonds. The molecule has 0 aromatic rings. The van der Waals surface area contributed by atoms with Crippen LogP contribution in [-0.4, -0.2) is 125 Å². The van der Waals surface area contributed by atoms with Crippen molar-refractivity contribution in [1.29, 1.82) is 0 Å². The standard InChI is InChI=1S/C15H27NO10P2.C12H26O7P2.C9H22O6P2/c1-5-22-27(20,23-6-2)15(28(21,24-7-3)25-8-4)11-14(19)26-16-12(17)9-10-13(16)18;1-6-16-20(14,17-7-2)12(10-11(5)13)21(15,18-8-3)19-9-4;1-5-12-16(10,13-6-2)9-17(11,14-7-3)15-8-4/h15H,5-11H2,1-4H3;12H,6-10H2,1-5H3;5-9H2,1-4H3. The summed E-state index contributed by atoms with van der Waals surface area (Å²) in [5.41, 5.74) is 0. The number of Topliss-reactive ketones (excluding diaryl/α,β-unsaturated/α-hetero) is 1. The molecule has 66 heavy (non-hydrogen) atoms. The Kier molecular flexibility index (Phi) is 35.2. The molecule has 0 unspecified atom stereocenters. The first-order valence-corrected chi connectivity index (χ1v) is 31.7. The lowest BCUT2D eigenvalue weighted by molar-refractivity contribution is -0.197. The van der Waals surface area contributed by atoms with Crippen LogP contribution in [0.15, 0.2) is 0 Å². The van der Waals surface area contributed by atoms with Gasteiger partial charge in [0.2, 0.25) is 0 Å². The van der Waals surface area contributed by atoms with Crippen molar-refractivity contribution in [3.05, 3.63) is 0 Å². The number of nitrogens with zero attached hydrogens (tertiary/aromatic N) is 1. The molecule has 1 aliphatic rings. The number of carbonyl (C=O) groups excluding carboxylic acids is 4. The molecule has 1 saturated heterocycles. The molecule has 0 spiro atoms. The molecule has 0 saturated carbocycles. The zero-order chi connectivity index (χ0) is 51.3. The zero-order valence-electron chi connectivity index (χ0n) is 40.7. The van der Waals surface area contributed by atoms with E-state index in [2.05, 4.69) is 0 Å². The van der Waals surface area contributed by atoms with Gasteiger partial charge in [-0.2, -0.15) is 0 Å². The average Bonchev–Trinajstić information content (AvgIpc) is 3.52. The summed E-state index contributed by atoms with van der Waals surface area (Å²) in [6.45, 7) is 21.9. The van der Waals surface area contributed by atoms with Gasteiger partial charge >= 0.3 is 51.5 Å². The summed E-state index contributed by atoms with van der Waals surface area (Å²) in [5.74, 6) is -3.10. The summed E-state index contributed by atoms with van der Waals surface area (Å²) in [7, 11) is -22.7. The predicted octanol–water partition coefficient (Wildman–Crippen LogP) is 10.1. The highest BCUT2D eigenvalue weighted by molar-refractivity contribution is 7.73. The van der Waals surface area contributed by atoms with Crippen molar-refractivity contribution >= 4 is 69.1 Å². The molecular formula is C36H75NO23P6. The summed E-state index contributed by atoms with van der Waals surface area (Å²) in [4.78, 5) is 51.9. The fourth-order valence-corrected chi connectivity index (χ4v) is 20.9. The maximum atomic E-state index is 13.3. The molecule has 0 N–H and O–H groups in total. The number of carbonyl (C=O) groups is 4. The minimum Gasteiger partial charge on any atom is -0.330 e. The lowest BCUT2D eigenvalue weighted by Crippen LogP contribution is -2.33. The average molecular weight is 1080 g/mol. The molecule has 392 valence electrons. The van der Waals surface area contributed by atoms with E-state index in [4.69, 9.17) is 59.1 Å². The predicted molar refractivity (Wildman–Crippen MR) is 245 cm³/mol. The minimum absolute atomic E-state index is 0.0514. The van der Waals surface area contributed by atoms with Crippen LogP contribution in [0.25, 0.3) is 0 Å². The Hall–Kier alpha value is -0.820. The van der Waals surface area contributed by atoms with E-state index >= 15 is 0 Å². The van der Waals surface area contributed by atoms with Gasteiger partial charge in [0, 0.05) is 19.3 Å². The Balaban J connectivity index is 0. The van der Waals surface area contributed by atoms with E-state index in [9.17, 15) is 46.6 Å². The summed E-state index contributed by atoms with van der Waals surface area (Å²) >= 11 is 0. The second-order valence-electron chi connectivity index (χ2n) is 12.7. The highest BCUT2D eigenvalue weighted by Crippen LogP contribution is 2.72. The molecule has 24 nitrogen and oxygen atoms in total. The van der Waals surface area contributed by atoms with Crippen molar-refractivity contribution in [2.75, 3.05) is 85.2 Å². The van der Waals surface area contributed by atoms with Crippen molar-refractivity contribution in [2.24, 2.45) is 0 Å². The lowest BCUT2D eigenvalue weighted by Gasteiger charge is -2.30. The Morgan fingerprint density at radius 3 is 0.864 bits per heavy atom. The van der Waals surface area contributed by atoms with Crippen LogP contribution in [0.4, 0.5) is 0 Å². The van der Waals surface area contributed by atoms with Gasteiger partial charge in [-0.25, -0.2) is 4.79 Å². The van der Waals surface area contributed by atoms with Gasteiger partial charge in [-0.15, -0.1) is 5.06 Å². The van der Waals surface area contributed by atoms with E-state index < -0.39 is 80.6 Å². The maximum Gasteiger partial charge on any atom is 0.346 e. The highest BCUT2D eigenvalue weighted by atomic mass is 31.3. The third-order valence-corrected chi connectivity index (χ3v) is 25.0. The SMILES string of the molecule is CCOP(=O)(CP(=O)(OCC)OCC)OCC.CCOP(=O)(OCC)C(CC(=O)ON1C(=O)CCC1=O)P(=O)(OCC)OCC.CCOP(=O)(OCC)C(CC(C)=O)P(=O)(OCC)OCC. The van der Waals surface area contributed by atoms with Gasteiger partial charge in [0.05, 0.1) is 85.7 Å². The highest BCUT2D eigenvalue weighted by Gasteiger charge is 2.53. The number of hydrogen-bond donors (Lipinski definition) is 0. The third-order valence-electron chi connectivity index (χ3n) is 7.60. The molecule has 0 atom stereocenters. The maximum absolute atomic E-state index is 13.3. The molecule has 1 heterocycles. The Morgan fingerprint density at radius 1 is 0.424 bits per heavy atom. The second kappa shape index (κ2) is 34.5. The van der Waals surface area contributed by atoms with Gasteiger partial charge in [0.15, 0.2) is 16.7 Å². The van der Waals surface area contributed by atoms with Crippen LogP contribution in [0, 0.1) is 0 Å². The van der Waals surface area contributed by atoms with Crippen molar-refractivity contribution in [1.82, 2.24) is 5.06 Å². The molecule has 1 aliphatic heterocycles. The topological polar surface area (TPSA) is 294 Å². The van der Waals surface area contributed by atoms with Gasteiger partial charge < -0.3 is 59.1 Å². The normalized spacial score (nSPS) is 14.0. The van der Waals surface area contributed by atoms with Crippen LogP contribution in [0.2, 0.25) is 0 Å². The van der Waals surface area contributed by atoms with E-state index in [-0.39, 0.29) is 110 Å². The van der Waals surface area contributed by atoms with E-state index in [0.717, 1.165) is 0 Å². The van der Waals surface area contributed by atoms with E-state index in [1.54, 1.807) is 83.1 Å². The molecule has 0 bridgehead atoms. The monoisotopic (exact) mass is 1080 g/mol. The molecular weight excluding hydrogens is 1000 g/mol. The summed E-state index contributed by atoms with van der Waals surface area (Å²) in [6, 6.07) is 0. The number of rotatable bonds is 35. The van der Waals surface area contributed by atoms with Crippen molar-refractivity contribution < 1.29 is 106 Å². The molecule has 0 aliphatic carbocycles. The van der Waals surface area contributed by atoms with Crippen molar-refractivity contribution in [3.63, 3.8) is 0 Å². The van der Waals surface area contributed by atoms with Crippen molar-refractivity contribution in [3.8, 4) is 0 Å². The first kappa shape index (κ1) is 67.3. The number of amides is 2. The second-order valence-corrected chi connectivity index (χ2v) is 27.0. The number of hydrogen-bond acceptors (Lipinski definition) is 23. The summed E-state index contributed by atoms with van der Waals surface area (Å²) in [5, 5.41) is -2.53. The Bertz CT molecular complexity index is 1590. The van der Waals surface area contributed by atoms with Gasteiger partial charge in [0.25, 0.3) is 11.8 Å². The van der Waals surface area contributed by atoms with Gasteiger partial charge in [-0.1, -0.05) is 0 Å². The molecule has 0 aromatic carbocycles.